The van der Waals surface area contributed by atoms with Crippen molar-refractivity contribution in [3.63, 3.8) is 0 Å². The molecule has 1 saturated heterocycles. The molecule has 1 fully saturated rings. The first-order valence-electron chi connectivity index (χ1n) is 5.45. The van der Waals surface area contributed by atoms with Gasteiger partial charge in [-0.25, -0.2) is 0 Å². The lowest BCUT2D eigenvalue weighted by Gasteiger charge is -2.15. The zero-order chi connectivity index (χ0) is 12.4. The second kappa shape index (κ2) is 5.04. The van der Waals surface area contributed by atoms with Crippen LogP contribution in [0, 0.1) is 0 Å². The van der Waals surface area contributed by atoms with Gasteiger partial charge in [-0.3, -0.25) is 4.79 Å². The normalized spacial score (nSPS) is 24.1. The number of carbonyl (C=O) groups excluding carboxylic acids is 1. The molecule has 1 amide bonds. The number of carbonyl (C=O) groups is 1. The number of nitrogens with zero attached hydrogens (tertiary/aromatic N) is 1. The summed E-state index contributed by atoms with van der Waals surface area (Å²) in [4.78, 5) is 13.4. The summed E-state index contributed by atoms with van der Waals surface area (Å²) >= 11 is 5.96. The molecule has 4 nitrogen and oxygen atoms in total. The Morgan fingerprint density at radius 1 is 1.29 bits per heavy atom. The number of halogens is 1. The number of likely N-dealkylation sites (tertiary alicyclic amines) is 1. The van der Waals surface area contributed by atoms with Gasteiger partial charge in [-0.05, 0) is 11.6 Å². The molecular formula is C12H14ClNO3. The average molecular weight is 256 g/mol. The number of hydrogen-bond donors (Lipinski definition) is 2. The first-order valence-corrected chi connectivity index (χ1v) is 5.83. The molecule has 0 aromatic heterocycles. The van der Waals surface area contributed by atoms with Crippen molar-refractivity contribution in [1.29, 1.82) is 0 Å². The van der Waals surface area contributed by atoms with Crippen molar-refractivity contribution < 1.29 is 15.0 Å². The molecule has 1 aliphatic heterocycles. The fraction of sp³-hybridized carbons (Fsp3) is 0.417. The van der Waals surface area contributed by atoms with Crippen LogP contribution in [0.2, 0.25) is 5.02 Å². The van der Waals surface area contributed by atoms with E-state index < -0.39 is 12.2 Å². The molecule has 92 valence electrons. The van der Waals surface area contributed by atoms with Crippen molar-refractivity contribution in [2.45, 2.75) is 18.6 Å². The van der Waals surface area contributed by atoms with Crippen LogP contribution in [0.5, 0.6) is 0 Å². The van der Waals surface area contributed by atoms with Gasteiger partial charge in [0.15, 0.2) is 0 Å². The summed E-state index contributed by atoms with van der Waals surface area (Å²) in [7, 11) is 0. The van der Waals surface area contributed by atoms with Crippen molar-refractivity contribution in [3.05, 3.63) is 34.9 Å². The van der Waals surface area contributed by atoms with Gasteiger partial charge in [-0.2, -0.15) is 0 Å². The van der Waals surface area contributed by atoms with Gasteiger partial charge in [0, 0.05) is 18.1 Å². The highest BCUT2D eigenvalue weighted by atomic mass is 35.5. The van der Waals surface area contributed by atoms with Crippen molar-refractivity contribution in [2.75, 3.05) is 13.1 Å². The van der Waals surface area contributed by atoms with Gasteiger partial charge in [0.25, 0.3) is 0 Å². The van der Waals surface area contributed by atoms with E-state index >= 15 is 0 Å². The summed E-state index contributed by atoms with van der Waals surface area (Å²) in [6.45, 7) is 0.370. The van der Waals surface area contributed by atoms with Crippen LogP contribution < -0.4 is 0 Å². The molecule has 2 N–H and O–H groups in total. The molecule has 5 heteroatoms. The molecule has 2 rings (SSSR count). The Hall–Kier alpha value is -1.10. The predicted molar refractivity (Wildman–Crippen MR) is 63.7 cm³/mol. The second-order valence-electron chi connectivity index (χ2n) is 4.20. The van der Waals surface area contributed by atoms with E-state index in [1.807, 2.05) is 6.07 Å². The van der Waals surface area contributed by atoms with E-state index in [4.69, 9.17) is 11.6 Å². The molecule has 0 bridgehead atoms. The summed E-state index contributed by atoms with van der Waals surface area (Å²) in [6, 6.07) is 7.16. The molecule has 0 saturated carbocycles. The van der Waals surface area contributed by atoms with Crippen LogP contribution in [-0.4, -0.2) is 46.3 Å². The average Bonchev–Trinajstić information content (AvgIpc) is 2.63. The molecule has 1 aromatic carbocycles. The summed E-state index contributed by atoms with van der Waals surface area (Å²) in [6.07, 6.45) is -1.49. The van der Waals surface area contributed by atoms with Gasteiger partial charge >= 0.3 is 0 Å². The molecule has 1 aromatic rings. The van der Waals surface area contributed by atoms with Crippen LogP contribution in [0.1, 0.15) is 5.56 Å². The fourth-order valence-electron chi connectivity index (χ4n) is 1.89. The molecule has 0 spiro atoms. The Morgan fingerprint density at radius 3 is 2.47 bits per heavy atom. The van der Waals surface area contributed by atoms with Crippen LogP contribution in [0.15, 0.2) is 24.3 Å². The quantitative estimate of drug-likeness (QED) is 0.807. The van der Waals surface area contributed by atoms with E-state index in [1.165, 1.54) is 4.90 Å². The minimum Gasteiger partial charge on any atom is -0.388 e. The van der Waals surface area contributed by atoms with Crippen LogP contribution in [0.25, 0.3) is 0 Å². The Labute approximate surface area is 104 Å². The third kappa shape index (κ3) is 2.77. The van der Waals surface area contributed by atoms with Gasteiger partial charge in [0.2, 0.25) is 5.91 Å². The third-order valence-corrected chi connectivity index (χ3v) is 3.28. The standard InChI is InChI=1S/C12H14ClNO3/c13-9-4-2-1-3-8(9)5-12(17)14-6-10(15)11(16)7-14/h1-4,10-11,15-16H,5-7H2/t10-,11+. The summed E-state index contributed by atoms with van der Waals surface area (Å²) in [5, 5.41) is 19.3. The van der Waals surface area contributed by atoms with Gasteiger partial charge < -0.3 is 15.1 Å². The highest BCUT2D eigenvalue weighted by molar-refractivity contribution is 6.31. The number of rotatable bonds is 2. The number of amides is 1. The minimum absolute atomic E-state index is 0.131. The van der Waals surface area contributed by atoms with E-state index in [9.17, 15) is 15.0 Å². The maximum Gasteiger partial charge on any atom is 0.227 e. The predicted octanol–water partition coefficient (Wildman–Crippen LogP) is 0.446. The van der Waals surface area contributed by atoms with Gasteiger partial charge in [0.1, 0.15) is 0 Å². The van der Waals surface area contributed by atoms with Gasteiger partial charge in [-0.1, -0.05) is 29.8 Å². The Morgan fingerprint density at radius 2 is 1.88 bits per heavy atom. The van der Waals surface area contributed by atoms with Crippen molar-refractivity contribution in [1.82, 2.24) is 4.90 Å². The van der Waals surface area contributed by atoms with Crippen LogP contribution in [-0.2, 0) is 11.2 Å². The highest BCUT2D eigenvalue weighted by Crippen LogP contribution is 2.18. The molecule has 0 aliphatic carbocycles. The number of hydrogen-bond acceptors (Lipinski definition) is 3. The summed E-state index contributed by atoms with van der Waals surface area (Å²) in [5.41, 5.74) is 0.759. The van der Waals surface area contributed by atoms with Crippen LogP contribution >= 0.6 is 11.6 Å². The maximum atomic E-state index is 11.9. The molecule has 0 unspecified atom stereocenters. The lowest BCUT2D eigenvalue weighted by Crippen LogP contribution is -2.31. The number of aliphatic hydroxyl groups excluding tert-OH is 2. The summed E-state index contributed by atoms with van der Waals surface area (Å²) in [5.74, 6) is -0.131. The third-order valence-electron chi connectivity index (χ3n) is 2.91. The minimum atomic E-state index is -0.842. The van der Waals surface area contributed by atoms with Crippen LogP contribution in [0.4, 0.5) is 0 Å². The second-order valence-corrected chi connectivity index (χ2v) is 4.61. The number of aliphatic hydroxyl groups is 2. The maximum absolute atomic E-state index is 11.9. The number of benzene rings is 1. The first kappa shape index (κ1) is 12.4. The monoisotopic (exact) mass is 255 g/mol. The van der Waals surface area contributed by atoms with E-state index in [0.717, 1.165) is 5.56 Å². The Bertz CT molecular complexity index is 414. The zero-order valence-corrected chi connectivity index (χ0v) is 9.97. The van der Waals surface area contributed by atoms with E-state index in [2.05, 4.69) is 0 Å². The fourth-order valence-corrected chi connectivity index (χ4v) is 2.09. The largest absolute Gasteiger partial charge is 0.388 e. The highest BCUT2D eigenvalue weighted by Gasteiger charge is 2.32. The smallest absolute Gasteiger partial charge is 0.227 e. The van der Waals surface area contributed by atoms with Crippen molar-refractivity contribution >= 4 is 17.5 Å². The van der Waals surface area contributed by atoms with Crippen molar-refractivity contribution in [2.24, 2.45) is 0 Å². The molecule has 0 radical (unpaired) electrons. The topological polar surface area (TPSA) is 60.8 Å². The van der Waals surface area contributed by atoms with Gasteiger partial charge in [0.05, 0.1) is 18.6 Å². The lowest BCUT2D eigenvalue weighted by atomic mass is 10.1. The Kier molecular flexibility index (Phi) is 3.66. The molecule has 17 heavy (non-hydrogen) atoms. The Balaban J connectivity index is 2.01. The zero-order valence-electron chi connectivity index (χ0n) is 9.21. The molecule has 2 atom stereocenters. The molecule has 1 heterocycles. The lowest BCUT2D eigenvalue weighted by molar-refractivity contribution is -0.129. The number of β-amino-alcohol motifs (C(OH)–C–C–N with tert-alkyl or cyclic N) is 2. The summed E-state index contributed by atoms with van der Waals surface area (Å²) < 4.78 is 0. The SMILES string of the molecule is O=C(Cc1ccccc1Cl)N1C[C@@H](O)[C@@H](O)C1. The molecular weight excluding hydrogens is 242 g/mol. The van der Waals surface area contributed by atoms with E-state index in [-0.39, 0.29) is 25.4 Å². The van der Waals surface area contributed by atoms with Crippen LogP contribution in [0.3, 0.4) is 0 Å². The van der Waals surface area contributed by atoms with E-state index in [1.54, 1.807) is 18.2 Å². The van der Waals surface area contributed by atoms with Gasteiger partial charge in [-0.15, -0.1) is 0 Å². The molecule has 1 aliphatic rings. The first-order chi connectivity index (χ1) is 8.08. The van der Waals surface area contributed by atoms with Crippen molar-refractivity contribution in [3.8, 4) is 0 Å². The van der Waals surface area contributed by atoms with E-state index in [0.29, 0.717) is 5.02 Å².